The molecular formula is C26H20F3N5O4S. The first-order valence-corrected chi connectivity index (χ1v) is 12.3. The minimum absolute atomic E-state index is 0.0274. The van der Waals surface area contributed by atoms with Gasteiger partial charge in [-0.3, -0.25) is 14.3 Å². The lowest BCUT2D eigenvalue weighted by Crippen LogP contribution is -2.16. The van der Waals surface area contributed by atoms with Gasteiger partial charge in [0.05, 0.1) is 11.4 Å². The molecule has 4 heterocycles. The fraction of sp³-hybridized carbons (Fsp3) is 0.154. The van der Waals surface area contributed by atoms with Gasteiger partial charge in [-0.25, -0.2) is 18.2 Å². The lowest BCUT2D eigenvalue weighted by Gasteiger charge is -2.10. The van der Waals surface area contributed by atoms with E-state index in [1.807, 2.05) is 0 Å². The highest BCUT2D eigenvalue weighted by Crippen LogP contribution is 2.43. The predicted octanol–water partition coefficient (Wildman–Crippen LogP) is 5.61. The van der Waals surface area contributed by atoms with E-state index in [0.717, 1.165) is 11.3 Å². The number of nitrogens with one attached hydrogen (secondary N) is 1. The topological polar surface area (TPSA) is 125 Å². The van der Waals surface area contributed by atoms with E-state index in [0.29, 0.717) is 28.3 Å². The van der Waals surface area contributed by atoms with Gasteiger partial charge in [-0.1, -0.05) is 0 Å². The molecule has 2 amide bonds. The molecule has 1 aromatic carbocycles. The Morgan fingerprint density at radius 1 is 1.18 bits per heavy atom. The van der Waals surface area contributed by atoms with Gasteiger partial charge in [0, 0.05) is 24.2 Å². The van der Waals surface area contributed by atoms with Gasteiger partial charge in [0.25, 0.3) is 18.2 Å². The van der Waals surface area contributed by atoms with E-state index < -0.39 is 29.8 Å². The number of ether oxygens (including phenoxy) is 1. The maximum atomic E-state index is 13.7. The summed E-state index contributed by atoms with van der Waals surface area (Å²) in [4.78, 5) is 29.5. The fourth-order valence-electron chi connectivity index (χ4n) is 4.04. The van der Waals surface area contributed by atoms with Crippen LogP contribution in [0.25, 0.3) is 21.3 Å². The van der Waals surface area contributed by atoms with E-state index in [9.17, 15) is 22.8 Å². The van der Waals surface area contributed by atoms with Crippen LogP contribution in [0.5, 0.6) is 5.75 Å². The zero-order valence-corrected chi connectivity index (χ0v) is 21.3. The molecule has 0 aliphatic heterocycles. The van der Waals surface area contributed by atoms with Crippen molar-refractivity contribution in [3.8, 4) is 16.9 Å². The molecule has 0 fully saturated rings. The minimum atomic E-state index is -2.87. The van der Waals surface area contributed by atoms with Gasteiger partial charge in [0.2, 0.25) is 0 Å². The molecule has 0 aliphatic carbocycles. The van der Waals surface area contributed by atoms with E-state index in [4.69, 9.17) is 14.9 Å². The Kier molecular flexibility index (Phi) is 6.83. The number of aromatic nitrogens is 3. The highest BCUT2D eigenvalue weighted by molar-refractivity contribution is 7.21. The number of furan rings is 1. The second-order valence-corrected chi connectivity index (χ2v) is 9.51. The highest BCUT2D eigenvalue weighted by atomic mass is 32.1. The number of rotatable bonds is 8. The van der Waals surface area contributed by atoms with Crippen LogP contribution in [0.3, 0.4) is 0 Å². The third-order valence-corrected chi connectivity index (χ3v) is 6.85. The van der Waals surface area contributed by atoms with Crippen molar-refractivity contribution < 1.29 is 31.9 Å². The second kappa shape index (κ2) is 10.3. The van der Waals surface area contributed by atoms with Gasteiger partial charge in [-0.15, -0.1) is 11.3 Å². The van der Waals surface area contributed by atoms with Crippen molar-refractivity contribution in [2.75, 3.05) is 5.32 Å². The van der Waals surface area contributed by atoms with Gasteiger partial charge >= 0.3 is 0 Å². The summed E-state index contributed by atoms with van der Waals surface area (Å²) >= 11 is 0.796. The number of nitrogens with two attached hydrogens (primary N) is 1. The summed E-state index contributed by atoms with van der Waals surface area (Å²) in [5.74, 6) is -1.37. The zero-order chi connectivity index (χ0) is 27.8. The zero-order valence-electron chi connectivity index (χ0n) is 20.5. The van der Waals surface area contributed by atoms with Crippen molar-refractivity contribution in [2.45, 2.75) is 20.0 Å². The molecule has 0 unspecified atom stereocenters. The van der Waals surface area contributed by atoms with Crippen LogP contribution in [-0.2, 0) is 13.7 Å². The van der Waals surface area contributed by atoms with Crippen LogP contribution in [0.15, 0.2) is 53.1 Å². The average molecular weight is 556 g/mol. The van der Waals surface area contributed by atoms with Gasteiger partial charge in [0.15, 0.2) is 5.76 Å². The fourth-order valence-corrected chi connectivity index (χ4v) is 5.05. The Labute approximate surface area is 223 Å². The quantitative estimate of drug-likeness (QED) is 0.257. The monoisotopic (exact) mass is 555 g/mol. The molecule has 3 N–H and O–H groups in total. The molecule has 39 heavy (non-hydrogen) atoms. The third-order valence-electron chi connectivity index (χ3n) is 5.75. The van der Waals surface area contributed by atoms with Crippen LogP contribution in [0.1, 0.15) is 43.8 Å². The van der Waals surface area contributed by atoms with E-state index in [1.54, 1.807) is 20.2 Å². The van der Waals surface area contributed by atoms with Crippen LogP contribution in [-0.4, -0.2) is 26.6 Å². The average Bonchev–Trinajstić information content (AvgIpc) is 3.60. The maximum absolute atomic E-state index is 13.7. The summed E-state index contributed by atoms with van der Waals surface area (Å²) in [6.07, 6.45) is -1.23. The maximum Gasteiger partial charge on any atom is 0.291 e. The number of hydrogen-bond acceptors (Lipinski definition) is 7. The van der Waals surface area contributed by atoms with Crippen molar-refractivity contribution in [1.82, 2.24) is 14.8 Å². The Morgan fingerprint density at radius 3 is 2.56 bits per heavy atom. The summed E-state index contributed by atoms with van der Waals surface area (Å²) in [6, 6.07) is 9.55. The van der Waals surface area contributed by atoms with Crippen LogP contribution in [0.4, 0.5) is 18.9 Å². The Morgan fingerprint density at radius 2 is 1.92 bits per heavy atom. The molecule has 200 valence electrons. The molecular weight excluding hydrogens is 535 g/mol. The van der Waals surface area contributed by atoms with Crippen LogP contribution < -0.4 is 15.8 Å². The molecule has 5 aromatic rings. The van der Waals surface area contributed by atoms with Crippen molar-refractivity contribution >= 4 is 39.1 Å². The summed E-state index contributed by atoms with van der Waals surface area (Å²) in [6.45, 7) is 1.68. The van der Waals surface area contributed by atoms with Crippen molar-refractivity contribution in [3.05, 3.63) is 82.3 Å². The molecule has 0 aliphatic rings. The number of benzene rings is 1. The molecule has 0 saturated heterocycles. The summed E-state index contributed by atoms with van der Waals surface area (Å²) in [7, 11) is 1.68. The van der Waals surface area contributed by atoms with Crippen LogP contribution in [0, 0.1) is 12.7 Å². The number of carbonyl (C=O) groups is 2. The molecule has 0 bridgehead atoms. The number of hydrogen-bond donors (Lipinski definition) is 2. The summed E-state index contributed by atoms with van der Waals surface area (Å²) < 4.78 is 53.1. The van der Waals surface area contributed by atoms with Gasteiger partial charge in [-0.2, -0.15) is 5.10 Å². The molecule has 5 rings (SSSR count). The number of pyridine rings is 1. The normalized spacial score (nSPS) is 11.3. The van der Waals surface area contributed by atoms with E-state index in [-0.39, 0.29) is 33.1 Å². The van der Waals surface area contributed by atoms with Crippen molar-refractivity contribution in [3.63, 3.8) is 0 Å². The summed E-state index contributed by atoms with van der Waals surface area (Å²) in [5, 5.41) is 7.20. The predicted molar refractivity (Wildman–Crippen MR) is 137 cm³/mol. The number of primary amides is 1. The Hall–Kier alpha value is -4.65. The smallest absolute Gasteiger partial charge is 0.291 e. The van der Waals surface area contributed by atoms with Crippen LogP contribution >= 0.6 is 11.3 Å². The van der Waals surface area contributed by atoms with Gasteiger partial charge in [-0.05, 0) is 55.0 Å². The molecule has 0 spiro atoms. The first-order chi connectivity index (χ1) is 18.6. The van der Waals surface area contributed by atoms with E-state index >= 15 is 0 Å². The molecule has 0 atom stereocenters. The lowest BCUT2D eigenvalue weighted by molar-refractivity contribution is 0.0992. The standard InChI is InChI=1S/C26H20F3N5O4S/c1-12-17(10-34(2)33-12)16-9-18(23(28)29)31-26-20(16)21(22(39-26)24(30)35)32-25(36)19-8-7-15(38-19)11-37-14-5-3-13(27)4-6-14/h3-10,23H,11H2,1-2H3,(H2,30,35)(H,32,36). The first-order valence-electron chi connectivity index (χ1n) is 11.4. The summed E-state index contributed by atoms with van der Waals surface area (Å²) in [5.41, 5.74) is 6.50. The van der Waals surface area contributed by atoms with Crippen molar-refractivity contribution in [1.29, 1.82) is 0 Å². The number of anilines is 1. The molecule has 9 nitrogen and oxygen atoms in total. The van der Waals surface area contributed by atoms with Gasteiger partial charge in [0.1, 0.15) is 39.3 Å². The number of halogens is 3. The molecule has 0 saturated carbocycles. The first kappa shape index (κ1) is 26.0. The van der Waals surface area contributed by atoms with E-state index in [2.05, 4.69) is 15.4 Å². The number of fused-ring (bicyclic) bond motifs is 1. The van der Waals surface area contributed by atoms with Gasteiger partial charge < -0.3 is 20.2 Å². The Balaban J connectivity index is 1.51. The van der Waals surface area contributed by atoms with Crippen LogP contribution in [0.2, 0.25) is 0 Å². The van der Waals surface area contributed by atoms with E-state index in [1.165, 1.54) is 47.1 Å². The molecule has 0 radical (unpaired) electrons. The number of nitrogens with zero attached hydrogens (tertiary/aromatic N) is 3. The number of thiophene rings is 1. The second-order valence-electron chi connectivity index (χ2n) is 8.51. The number of carbonyl (C=O) groups excluding carboxylic acids is 2. The molecule has 13 heteroatoms. The SMILES string of the molecule is Cc1nn(C)cc1-c1cc(C(F)F)nc2sc(C(N)=O)c(NC(=O)c3ccc(COc4ccc(F)cc4)o3)c12. The number of alkyl halides is 2. The van der Waals surface area contributed by atoms with Crippen molar-refractivity contribution in [2.24, 2.45) is 12.8 Å². The highest BCUT2D eigenvalue weighted by Gasteiger charge is 2.27. The number of aryl methyl sites for hydroxylation is 2. The minimum Gasteiger partial charge on any atom is -0.486 e. The lowest BCUT2D eigenvalue weighted by atomic mass is 10.0. The third kappa shape index (κ3) is 5.21. The molecule has 4 aromatic heterocycles. The number of amides is 2. The largest absolute Gasteiger partial charge is 0.486 e. The Bertz CT molecular complexity index is 1710.